The van der Waals surface area contributed by atoms with Crippen LogP contribution in [-0.2, 0) is 4.79 Å². The third kappa shape index (κ3) is 2.24. The Morgan fingerprint density at radius 2 is 1.77 bits per heavy atom. The van der Waals surface area contributed by atoms with Crippen molar-refractivity contribution in [1.82, 2.24) is 19.4 Å². The Labute approximate surface area is 128 Å². The highest BCUT2D eigenvalue weighted by atomic mass is 16.2. The average Bonchev–Trinajstić information content (AvgIpc) is 3.33. The van der Waals surface area contributed by atoms with Crippen LogP contribution in [-0.4, -0.2) is 57.4 Å². The summed E-state index contributed by atoms with van der Waals surface area (Å²) in [5.41, 5.74) is 1.45. The van der Waals surface area contributed by atoms with E-state index in [1.54, 1.807) is 10.7 Å². The molecule has 4 rings (SSSR count). The van der Waals surface area contributed by atoms with Gasteiger partial charge in [0.2, 0.25) is 5.91 Å². The Kier molecular flexibility index (Phi) is 3.10. The zero-order valence-electron chi connectivity index (χ0n) is 12.3. The van der Waals surface area contributed by atoms with Crippen molar-refractivity contribution in [3.63, 3.8) is 0 Å². The van der Waals surface area contributed by atoms with E-state index in [4.69, 9.17) is 0 Å². The van der Waals surface area contributed by atoms with Crippen molar-refractivity contribution in [2.75, 3.05) is 26.2 Å². The first-order valence-corrected chi connectivity index (χ1v) is 7.74. The van der Waals surface area contributed by atoms with Gasteiger partial charge in [-0.25, -0.2) is 4.52 Å². The first-order valence-electron chi connectivity index (χ1n) is 7.74. The number of amides is 2. The van der Waals surface area contributed by atoms with Crippen molar-refractivity contribution in [3.8, 4) is 0 Å². The molecule has 0 unspecified atom stereocenters. The molecule has 114 valence electrons. The second-order valence-corrected chi connectivity index (χ2v) is 5.98. The number of hydrogen-bond acceptors (Lipinski definition) is 3. The van der Waals surface area contributed by atoms with Crippen LogP contribution >= 0.6 is 0 Å². The standard InChI is InChI=1S/C16H18N4O2/c21-15(12-4-5-12)18-7-9-19(10-8-18)16(22)13-11-17-20-6-2-1-3-14(13)20/h1-3,6,11-12H,4-5,7-10H2. The highest BCUT2D eigenvalue weighted by Crippen LogP contribution is 2.31. The number of fused-ring (bicyclic) bond motifs is 1. The van der Waals surface area contributed by atoms with Gasteiger partial charge in [-0.15, -0.1) is 0 Å². The molecule has 2 fully saturated rings. The lowest BCUT2D eigenvalue weighted by Gasteiger charge is -2.34. The molecule has 1 saturated carbocycles. The topological polar surface area (TPSA) is 57.9 Å². The van der Waals surface area contributed by atoms with Gasteiger partial charge in [0.15, 0.2) is 0 Å². The summed E-state index contributed by atoms with van der Waals surface area (Å²) >= 11 is 0. The third-order valence-corrected chi connectivity index (χ3v) is 4.46. The van der Waals surface area contributed by atoms with Crippen molar-refractivity contribution in [3.05, 3.63) is 36.2 Å². The van der Waals surface area contributed by atoms with Gasteiger partial charge < -0.3 is 9.80 Å². The first-order chi connectivity index (χ1) is 10.7. The van der Waals surface area contributed by atoms with E-state index in [1.807, 2.05) is 34.2 Å². The maximum absolute atomic E-state index is 12.7. The molecule has 2 aromatic rings. The summed E-state index contributed by atoms with van der Waals surface area (Å²) in [4.78, 5) is 28.4. The van der Waals surface area contributed by atoms with Gasteiger partial charge in [-0.2, -0.15) is 5.10 Å². The number of pyridine rings is 1. The van der Waals surface area contributed by atoms with E-state index in [0.29, 0.717) is 31.7 Å². The third-order valence-electron chi connectivity index (χ3n) is 4.46. The second kappa shape index (κ2) is 5.12. The summed E-state index contributed by atoms with van der Waals surface area (Å²) in [5.74, 6) is 0.518. The summed E-state index contributed by atoms with van der Waals surface area (Å²) < 4.78 is 1.71. The fourth-order valence-corrected chi connectivity index (χ4v) is 2.99. The minimum absolute atomic E-state index is 0.000258. The number of carbonyl (C=O) groups excluding carboxylic acids is 2. The van der Waals surface area contributed by atoms with Gasteiger partial charge in [-0.05, 0) is 25.0 Å². The molecule has 2 aliphatic rings. The number of carbonyl (C=O) groups is 2. The number of nitrogens with zero attached hydrogens (tertiary/aromatic N) is 4. The lowest BCUT2D eigenvalue weighted by molar-refractivity contribution is -0.134. The molecular formula is C16H18N4O2. The van der Waals surface area contributed by atoms with E-state index in [1.165, 1.54) is 0 Å². The summed E-state index contributed by atoms with van der Waals surface area (Å²) in [6, 6.07) is 5.68. The Hall–Kier alpha value is -2.37. The fraction of sp³-hybridized carbons (Fsp3) is 0.438. The van der Waals surface area contributed by atoms with Gasteiger partial charge in [0.05, 0.1) is 17.3 Å². The fourth-order valence-electron chi connectivity index (χ4n) is 2.99. The summed E-state index contributed by atoms with van der Waals surface area (Å²) in [6.45, 7) is 2.48. The summed E-state index contributed by atoms with van der Waals surface area (Å²) in [5, 5.41) is 4.21. The lowest BCUT2D eigenvalue weighted by Crippen LogP contribution is -2.51. The maximum atomic E-state index is 12.7. The van der Waals surface area contributed by atoms with Crippen molar-refractivity contribution < 1.29 is 9.59 Å². The van der Waals surface area contributed by atoms with Crippen LogP contribution in [0.4, 0.5) is 0 Å². The zero-order valence-corrected chi connectivity index (χ0v) is 12.3. The van der Waals surface area contributed by atoms with Crippen LogP contribution < -0.4 is 0 Å². The molecule has 0 aromatic carbocycles. The van der Waals surface area contributed by atoms with E-state index >= 15 is 0 Å². The van der Waals surface area contributed by atoms with Gasteiger partial charge in [0.1, 0.15) is 0 Å². The van der Waals surface area contributed by atoms with Crippen LogP contribution in [0.25, 0.3) is 5.52 Å². The van der Waals surface area contributed by atoms with Gasteiger partial charge in [0.25, 0.3) is 5.91 Å². The van der Waals surface area contributed by atoms with Crippen LogP contribution in [0.2, 0.25) is 0 Å². The molecule has 1 saturated heterocycles. The molecule has 6 heteroatoms. The quantitative estimate of drug-likeness (QED) is 0.832. The van der Waals surface area contributed by atoms with Crippen LogP contribution in [0, 0.1) is 5.92 Å². The predicted molar refractivity (Wildman–Crippen MR) is 80.4 cm³/mol. The minimum atomic E-state index is -0.000258. The number of piperazine rings is 1. The number of rotatable bonds is 2. The van der Waals surface area contributed by atoms with Gasteiger partial charge in [0, 0.05) is 38.3 Å². The molecule has 0 bridgehead atoms. The van der Waals surface area contributed by atoms with Crippen molar-refractivity contribution >= 4 is 17.3 Å². The van der Waals surface area contributed by atoms with Crippen LogP contribution in [0.5, 0.6) is 0 Å². The normalized spacial score (nSPS) is 18.7. The second-order valence-electron chi connectivity index (χ2n) is 5.98. The molecule has 2 amide bonds. The van der Waals surface area contributed by atoms with Gasteiger partial charge in [-0.1, -0.05) is 6.07 Å². The van der Waals surface area contributed by atoms with E-state index in [0.717, 1.165) is 18.4 Å². The Morgan fingerprint density at radius 1 is 1.05 bits per heavy atom. The van der Waals surface area contributed by atoms with Crippen molar-refractivity contribution in [2.45, 2.75) is 12.8 Å². The van der Waals surface area contributed by atoms with E-state index in [2.05, 4.69) is 5.10 Å². The molecule has 2 aromatic heterocycles. The maximum Gasteiger partial charge on any atom is 0.257 e. The van der Waals surface area contributed by atoms with E-state index in [-0.39, 0.29) is 17.7 Å². The monoisotopic (exact) mass is 298 g/mol. The molecule has 1 aliphatic carbocycles. The van der Waals surface area contributed by atoms with Crippen molar-refractivity contribution in [1.29, 1.82) is 0 Å². The SMILES string of the molecule is O=C(c1cnn2ccccc12)N1CCN(C(=O)C2CC2)CC1. The predicted octanol–water partition coefficient (Wildman–Crippen LogP) is 1.03. The first kappa shape index (κ1) is 13.3. The average molecular weight is 298 g/mol. The number of hydrogen-bond donors (Lipinski definition) is 0. The Morgan fingerprint density at radius 3 is 2.50 bits per heavy atom. The van der Waals surface area contributed by atoms with Crippen molar-refractivity contribution in [2.24, 2.45) is 5.92 Å². The molecule has 6 nitrogen and oxygen atoms in total. The molecule has 0 N–H and O–H groups in total. The molecule has 1 aliphatic heterocycles. The molecule has 3 heterocycles. The van der Waals surface area contributed by atoms with Gasteiger partial charge in [-0.3, -0.25) is 9.59 Å². The van der Waals surface area contributed by atoms with Crippen LogP contribution in [0.3, 0.4) is 0 Å². The lowest BCUT2D eigenvalue weighted by atomic mass is 10.2. The highest BCUT2D eigenvalue weighted by molar-refractivity contribution is 6.00. The number of aromatic nitrogens is 2. The molecule has 22 heavy (non-hydrogen) atoms. The highest BCUT2D eigenvalue weighted by Gasteiger charge is 2.35. The zero-order chi connectivity index (χ0) is 15.1. The van der Waals surface area contributed by atoms with Crippen LogP contribution in [0.1, 0.15) is 23.2 Å². The van der Waals surface area contributed by atoms with E-state index < -0.39 is 0 Å². The molecular weight excluding hydrogens is 280 g/mol. The Balaban J connectivity index is 1.46. The van der Waals surface area contributed by atoms with Gasteiger partial charge >= 0.3 is 0 Å². The molecule has 0 atom stereocenters. The summed E-state index contributed by atoms with van der Waals surface area (Å²) in [6.07, 6.45) is 5.51. The molecule has 0 radical (unpaired) electrons. The largest absolute Gasteiger partial charge is 0.339 e. The van der Waals surface area contributed by atoms with Crippen LogP contribution in [0.15, 0.2) is 30.6 Å². The smallest absolute Gasteiger partial charge is 0.257 e. The molecule has 0 spiro atoms. The summed E-state index contributed by atoms with van der Waals surface area (Å²) in [7, 11) is 0. The minimum Gasteiger partial charge on any atom is -0.339 e. The van der Waals surface area contributed by atoms with E-state index in [9.17, 15) is 9.59 Å². The Bertz CT molecular complexity index is 727.